The summed E-state index contributed by atoms with van der Waals surface area (Å²) in [5.74, 6) is -0.228. The molecule has 30 heavy (non-hydrogen) atoms. The highest BCUT2D eigenvalue weighted by Gasteiger charge is 2.35. The minimum absolute atomic E-state index is 0.127. The number of aryl methyl sites for hydroxylation is 1. The summed E-state index contributed by atoms with van der Waals surface area (Å²) < 4.78 is 40.4. The number of hydrogen-bond donors (Lipinski definition) is 1. The van der Waals surface area contributed by atoms with E-state index in [2.05, 4.69) is 22.2 Å². The summed E-state index contributed by atoms with van der Waals surface area (Å²) in [6.45, 7) is 2.10. The van der Waals surface area contributed by atoms with Crippen LogP contribution in [0.25, 0.3) is 0 Å². The van der Waals surface area contributed by atoms with Crippen molar-refractivity contribution < 1.29 is 13.2 Å². The predicted octanol–water partition coefficient (Wildman–Crippen LogP) is 5.83. The van der Waals surface area contributed by atoms with Gasteiger partial charge in [-0.15, -0.1) is 0 Å². The SMILES string of the molecule is CCCc1ccc(N(C)c2ncc(C(F)(F)F)c(Nc3ccc(C#N)cc3)n2)cc1. The zero-order chi connectivity index (χ0) is 21.7. The van der Waals surface area contributed by atoms with Gasteiger partial charge in [0.05, 0.1) is 11.6 Å². The monoisotopic (exact) mass is 411 g/mol. The molecule has 0 unspecified atom stereocenters. The first-order chi connectivity index (χ1) is 14.3. The summed E-state index contributed by atoms with van der Waals surface area (Å²) in [5.41, 5.74) is 1.77. The maximum absolute atomic E-state index is 13.5. The Kier molecular flexibility index (Phi) is 6.21. The normalized spacial score (nSPS) is 11.1. The molecule has 0 amide bonds. The second kappa shape index (κ2) is 8.82. The smallest absolute Gasteiger partial charge is 0.340 e. The highest BCUT2D eigenvalue weighted by atomic mass is 19.4. The second-order valence-electron chi connectivity index (χ2n) is 6.72. The Morgan fingerprint density at radius 3 is 2.30 bits per heavy atom. The van der Waals surface area contributed by atoms with E-state index in [1.165, 1.54) is 29.8 Å². The molecule has 1 N–H and O–H groups in total. The average molecular weight is 411 g/mol. The van der Waals surface area contributed by atoms with Gasteiger partial charge in [0.15, 0.2) is 0 Å². The molecule has 0 atom stereocenters. The van der Waals surface area contributed by atoms with Gasteiger partial charge < -0.3 is 10.2 Å². The standard InChI is InChI=1S/C22H20F3N5/c1-3-4-15-7-11-18(12-8-15)30(2)21-27-14-19(22(23,24)25)20(29-21)28-17-9-5-16(13-26)6-10-17/h5-12,14H,3-4H2,1-2H3,(H,27,28,29). The lowest BCUT2D eigenvalue weighted by Gasteiger charge is -2.20. The van der Waals surface area contributed by atoms with Gasteiger partial charge >= 0.3 is 6.18 Å². The minimum Gasteiger partial charge on any atom is -0.340 e. The van der Waals surface area contributed by atoms with Crippen LogP contribution in [-0.4, -0.2) is 17.0 Å². The molecule has 8 heteroatoms. The van der Waals surface area contributed by atoms with Crippen molar-refractivity contribution in [1.29, 1.82) is 5.26 Å². The largest absolute Gasteiger partial charge is 0.421 e. The number of nitriles is 1. The quantitative estimate of drug-likeness (QED) is 0.553. The van der Waals surface area contributed by atoms with Crippen molar-refractivity contribution in [3.8, 4) is 6.07 Å². The van der Waals surface area contributed by atoms with Crippen LogP contribution in [0, 0.1) is 11.3 Å². The molecule has 0 saturated heterocycles. The lowest BCUT2D eigenvalue weighted by Crippen LogP contribution is -2.17. The third-order valence-corrected chi connectivity index (χ3v) is 4.52. The third-order valence-electron chi connectivity index (χ3n) is 4.52. The van der Waals surface area contributed by atoms with E-state index in [9.17, 15) is 13.2 Å². The van der Waals surface area contributed by atoms with Crippen molar-refractivity contribution >= 4 is 23.1 Å². The molecule has 0 aliphatic rings. The third kappa shape index (κ3) is 4.87. The summed E-state index contributed by atoms with van der Waals surface area (Å²) in [6, 6.07) is 15.8. The average Bonchev–Trinajstić information content (AvgIpc) is 2.74. The van der Waals surface area contributed by atoms with Crippen LogP contribution in [0.2, 0.25) is 0 Å². The van der Waals surface area contributed by atoms with Crippen LogP contribution in [0.1, 0.15) is 30.0 Å². The van der Waals surface area contributed by atoms with E-state index >= 15 is 0 Å². The molecule has 2 aromatic carbocycles. The molecule has 5 nitrogen and oxygen atoms in total. The first-order valence-electron chi connectivity index (χ1n) is 9.36. The van der Waals surface area contributed by atoms with E-state index in [0.717, 1.165) is 24.7 Å². The topological polar surface area (TPSA) is 64.8 Å². The zero-order valence-electron chi connectivity index (χ0n) is 16.5. The predicted molar refractivity (Wildman–Crippen MR) is 110 cm³/mol. The molecule has 0 saturated carbocycles. The molecule has 0 radical (unpaired) electrons. The number of aromatic nitrogens is 2. The van der Waals surface area contributed by atoms with Gasteiger partial charge in [-0.05, 0) is 48.4 Å². The second-order valence-corrected chi connectivity index (χ2v) is 6.72. The first-order valence-corrected chi connectivity index (χ1v) is 9.36. The van der Waals surface area contributed by atoms with Crippen molar-refractivity contribution in [3.63, 3.8) is 0 Å². The van der Waals surface area contributed by atoms with Crippen molar-refractivity contribution in [2.45, 2.75) is 25.9 Å². The molecule has 3 aromatic rings. The maximum atomic E-state index is 13.5. The summed E-state index contributed by atoms with van der Waals surface area (Å²) >= 11 is 0. The zero-order valence-corrected chi connectivity index (χ0v) is 16.5. The number of nitrogens with one attached hydrogen (secondary N) is 1. The van der Waals surface area contributed by atoms with Gasteiger partial charge in [0.2, 0.25) is 5.95 Å². The summed E-state index contributed by atoms with van der Waals surface area (Å²) in [7, 11) is 1.70. The maximum Gasteiger partial charge on any atom is 0.421 e. The van der Waals surface area contributed by atoms with Crippen molar-refractivity contribution in [1.82, 2.24) is 9.97 Å². The van der Waals surface area contributed by atoms with Crippen molar-refractivity contribution in [2.75, 3.05) is 17.3 Å². The molecular weight excluding hydrogens is 391 g/mol. The van der Waals surface area contributed by atoms with Gasteiger partial charge in [-0.25, -0.2) is 4.98 Å². The Labute approximate surface area is 172 Å². The summed E-state index contributed by atoms with van der Waals surface area (Å²) in [6.07, 6.45) is -1.86. The van der Waals surface area contributed by atoms with E-state index in [-0.39, 0.29) is 11.8 Å². The van der Waals surface area contributed by atoms with Crippen LogP contribution >= 0.6 is 0 Å². The number of nitrogens with zero attached hydrogens (tertiary/aromatic N) is 4. The van der Waals surface area contributed by atoms with Crippen molar-refractivity contribution in [2.24, 2.45) is 0 Å². The first kappa shape index (κ1) is 21.1. The summed E-state index contributed by atoms with van der Waals surface area (Å²) in [4.78, 5) is 9.68. The highest BCUT2D eigenvalue weighted by molar-refractivity contribution is 5.64. The number of hydrogen-bond acceptors (Lipinski definition) is 5. The van der Waals surface area contributed by atoms with Gasteiger partial charge in [-0.1, -0.05) is 25.5 Å². The lowest BCUT2D eigenvalue weighted by atomic mass is 10.1. The van der Waals surface area contributed by atoms with E-state index in [4.69, 9.17) is 5.26 Å². The number of halogens is 3. The van der Waals surface area contributed by atoms with Crippen LogP contribution in [0.3, 0.4) is 0 Å². The van der Waals surface area contributed by atoms with Gasteiger partial charge in [-0.2, -0.15) is 23.4 Å². The molecular formula is C22H20F3N5. The molecule has 1 aromatic heterocycles. The number of alkyl halides is 3. The Morgan fingerprint density at radius 2 is 1.73 bits per heavy atom. The molecule has 0 aliphatic heterocycles. The Hall–Kier alpha value is -3.60. The molecule has 0 aliphatic carbocycles. The van der Waals surface area contributed by atoms with E-state index in [0.29, 0.717) is 11.3 Å². The number of rotatable bonds is 6. The van der Waals surface area contributed by atoms with E-state index in [1.54, 1.807) is 11.9 Å². The number of anilines is 4. The van der Waals surface area contributed by atoms with Crippen LogP contribution < -0.4 is 10.2 Å². The molecule has 3 rings (SSSR count). The molecule has 154 valence electrons. The van der Waals surface area contributed by atoms with Gasteiger partial charge in [-0.3, -0.25) is 0 Å². The molecule has 0 spiro atoms. The molecule has 1 heterocycles. The molecule has 0 fully saturated rings. The fourth-order valence-corrected chi connectivity index (χ4v) is 2.89. The van der Waals surface area contributed by atoms with Crippen LogP contribution in [0.4, 0.5) is 36.3 Å². The van der Waals surface area contributed by atoms with Crippen molar-refractivity contribution in [3.05, 3.63) is 71.4 Å². The minimum atomic E-state index is -4.62. The number of benzene rings is 2. The fraction of sp³-hybridized carbons (Fsp3) is 0.227. The fourth-order valence-electron chi connectivity index (χ4n) is 2.89. The van der Waals surface area contributed by atoms with Crippen LogP contribution in [0.5, 0.6) is 0 Å². The van der Waals surface area contributed by atoms with Gasteiger partial charge in [0.25, 0.3) is 0 Å². The Morgan fingerprint density at radius 1 is 1.07 bits per heavy atom. The van der Waals surface area contributed by atoms with Gasteiger partial charge in [0, 0.05) is 24.6 Å². The Bertz CT molecular complexity index is 1040. The van der Waals surface area contributed by atoms with Gasteiger partial charge in [0.1, 0.15) is 11.4 Å². The van der Waals surface area contributed by atoms with Crippen LogP contribution in [-0.2, 0) is 12.6 Å². The summed E-state index contributed by atoms with van der Waals surface area (Å²) in [5, 5.41) is 11.6. The van der Waals surface area contributed by atoms with Crippen LogP contribution in [0.15, 0.2) is 54.7 Å². The lowest BCUT2D eigenvalue weighted by molar-refractivity contribution is -0.137. The van der Waals surface area contributed by atoms with E-state index in [1.807, 2.05) is 30.3 Å². The Balaban J connectivity index is 1.94. The highest BCUT2D eigenvalue weighted by Crippen LogP contribution is 2.36. The molecule has 0 bridgehead atoms. The van der Waals surface area contributed by atoms with E-state index < -0.39 is 11.7 Å².